The molecule has 5 heteroatoms. The summed E-state index contributed by atoms with van der Waals surface area (Å²) in [6.45, 7) is 37.9. The molecule has 0 bridgehead atoms. The van der Waals surface area contributed by atoms with Crippen molar-refractivity contribution in [1.29, 1.82) is 0 Å². The summed E-state index contributed by atoms with van der Waals surface area (Å²) >= 11 is -2.39. The van der Waals surface area contributed by atoms with Crippen molar-refractivity contribution in [2.45, 2.75) is 108 Å². The molecule has 0 saturated carbocycles. The molecule has 0 aromatic rings. The van der Waals surface area contributed by atoms with Gasteiger partial charge in [-0.2, -0.15) is 0 Å². The molecule has 1 heterocycles. The topological polar surface area (TPSA) is 0 Å². The summed E-state index contributed by atoms with van der Waals surface area (Å²) in [5, 5.41) is 0. The Balaban J connectivity index is 3.79. The van der Waals surface area contributed by atoms with Gasteiger partial charge in [-0.15, -0.1) is 0 Å². The van der Waals surface area contributed by atoms with Crippen molar-refractivity contribution in [3.63, 3.8) is 0 Å². The van der Waals surface area contributed by atoms with Crippen molar-refractivity contribution < 1.29 is 0 Å². The zero-order valence-electron chi connectivity index (χ0n) is 20.1. The molecule has 0 unspecified atom stereocenters. The van der Waals surface area contributed by atoms with E-state index in [1.807, 2.05) is 11.1 Å². The number of rotatable bonds is 6. The third-order valence-corrected chi connectivity index (χ3v) is 82.3. The minimum atomic E-state index is -2.39. The van der Waals surface area contributed by atoms with Gasteiger partial charge in [0.1, 0.15) is 0 Å². The fraction of sp³-hybridized carbons (Fsp3) is 0.900. The Bertz CT molecular complexity index is 448. The summed E-state index contributed by atoms with van der Waals surface area (Å²) in [4.78, 5) is 0. The van der Waals surface area contributed by atoms with E-state index >= 15 is 0 Å². The molecular weight excluding hydrogens is 471 g/mol. The normalized spacial score (nSPS) is 20.2. The quantitative estimate of drug-likeness (QED) is 0.246. The van der Waals surface area contributed by atoms with Crippen molar-refractivity contribution in [2.75, 3.05) is 0 Å². The van der Waals surface area contributed by atoms with E-state index in [1.54, 1.807) is 8.87 Å². The first-order valence-electron chi connectivity index (χ1n) is 10.4. The maximum absolute atomic E-state index is 2.74. The molecule has 0 aromatic heterocycles. The van der Waals surface area contributed by atoms with Gasteiger partial charge in [0.25, 0.3) is 0 Å². The van der Waals surface area contributed by atoms with Crippen LogP contribution in [0.15, 0.2) is 11.1 Å². The van der Waals surface area contributed by atoms with E-state index in [1.165, 1.54) is 6.36 Å². The van der Waals surface area contributed by atoms with Crippen molar-refractivity contribution >= 4 is 50.7 Å². The van der Waals surface area contributed by atoms with Crippen molar-refractivity contribution in [1.82, 2.24) is 0 Å². The molecule has 1 aliphatic heterocycles. The summed E-state index contributed by atoms with van der Waals surface area (Å²) in [6.07, 6.45) is 0. The monoisotopic (exact) mass is 520 g/mol. The zero-order chi connectivity index (χ0) is 20.2. The molecule has 148 valence electrons. The van der Waals surface area contributed by atoms with Crippen LogP contribution in [0.4, 0.5) is 0 Å². The minimum absolute atomic E-state index is 1.17. The van der Waals surface area contributed by atoms with Gasteiger partial charge in [0, 0.05) is 0 Å². The SMILES string of the molecule is CC1=C(C)[CH2][Sn]([CH]([Si](C)(C)C)[Si](C)(C)C)([CH]([Si](C)(C)C)[Si](C)(C)C)[CH2]1. The van der Waals surface area contributed by atoms with Gasteiger partial charge in [-0.3, -0.25) is 0 Å². The average Bonchev–Trinajstić information content (AvgIpc) is 2.43. The fourth-order valence-corrected chi connectivity index (χ4v) is 120. The van der Waals surface area contributed by atoms with E-state index < -0.39 is 50.7 Å². The Morgan fingerprint density at radius 2 is 0.720 bits per heavy atom. The molecule has 0 atom stereocenters. The van der Waals surface area contributed by atoms with Crippen LogP contribution in [-0.4, -0.2) is 50.7 Å². The van der Waals surface area contributed by atoms with Gasteiger partial charge in [-0.1, -0.05) is 0 Å². The molecule has 0 amide bonds. The first-order chi connectivity index (χ1) is 10.7. The third kappa shape index (κ3) is 5.27. The van der Waals surface area contributed by atoms with Crippen molar-refractivity contribution in [3.8, 4) is 0 Å². The average molecular weight is 520 g/mol. The first kappa shape index (κ1) is 24.4. The van der Waals surface area contributed by atoms with Crippen LogP contribution >= 0.6 is 0 Å². The second-order valence-corrected chi connectivity index (χ2v) is 54.8. The molecular formula is C20H48Si4Sn. The number of allylic oxidation sites excluding steroid dienone is 2. The van der Waals surface area contributed by atoms with Gasteiger partial charge < -0.3 is 0 Å². The van der Waals surface area contributed by atoms with Crippen molar-refractivity contribution in [3.05, 3.63) is 11.1 Å². The Labute approximate surface area is 168 Å². The van der Waals surface area contributed by atoms with Gasteiger partial charge in [-0.05, 0) is 0 Å². The summed E-state index contributed by atoms with van der Waals surface area (Å²) < 4.78 is 5.70. The van der Waals surface area contributed by atoms with Gasteiger partial charge in [0.2, 0.25) is 0 Å². The van der Waals surface area contributed by atoms with Crippen LogP contribution in [0.2, 0.25) is 93.8 Å². The molecule has 0 fully saturated rings. The molecule has 0 spiro atoms. The second-order valence-electron chi connectivity index (χ2n) is 13.5. The van der Waals surface area contributed by atoms with Crippen molar-refractivity contribution in [2.24, 2.45) is 0 Å². The van der Waals surface area contributed by atoms with E-state index in [0.29, 0.717) is 0 Å². The number of hydrogen-bond donors (Lipinski definition) is 0. The molecule has 1 aliphatic rings. The van der Waals surface area contributed by atoms with E-state index in [-0.39, 0.29) is 0 Å². The fourth-order valence-electron chi connectivity index (χ4n) is 7.97. The van der Waals surface area contributed by atoms with Gasteiger partial charge in [0.05, 0.1) is 0 Å². The van der Waals surface area contributed by atoms with Crippen LogP contribution in [-0.2, 0) is 0 Å². The molecule has 0 radical (unpaired) electrons. The first-order valence-corrected chi connectivity index (χ1v) is 32.0. The van der Waals surface area contributed by atoms with Crippen LogP contribution in [0.5, 0.6) is 0 Å². The Kier molecular flexibility index (Phi) is 7.18. The third-order valence-electron chi connectivity index (χ3n) is 6.53. The van der Waals surface area contributed by atoms with E-state index in [2.05, 4.69) is 92.4 Å². The zero-order valence-corrected chi connectivity index (χ0v) is 26.9. The molecule has 1 rings (SSSR count). The molecule has 0 aromatic carbocycles. The molecule has 0 aliphatic carbocycles. The number of hydrogen-bond acceptors (Lipinski definition) is 0. The van der Waals surface area contributed by atoms with Crippen LogP contribution < -0.4 is 0 Å². The molecule has 0 nitrogen and oxygen atoms in total. The molecule has 0 N–H and O–H groups in total. The Morgan fingerprint density at radius 1 is 0.520 bits per heavy atom. The summed E-state index contributed by atoms with van der Waals surface area (Å²) in [5.74, 6) is 0. The van der Waals surface area contributed by atoms with Gasteiger partial charge >= 0.3 is 169 Å². The summed E-state index contributed by atoms with van der Waals surface area (Å²) in [5.41, 5.74) is 3.66. The van der Waals surface area contributed by atoms with Crippen LogP contribution in [0.25, 0.3) is 0 Å². The van der Waals surface area contributed by atoms with Crippen LogP contribution in [0.3, 0.4) is 0 Å². The van der Waals surface area contributed by atoms with Crippen LogP contribution in [0.1, 0.15) is 13.8 Å². The molecule has 0 saturated heterocycles. The Hall–Kier alpha value is 1.41. The maximum atomic E-state index is 2.74. The van der Waals surface area contributed by atoms with E-state index in [0.717, 1.165) is 0 Å². The predicted octanol–water partition coefficient (Wildman–Crippen LogP) is 8.04. The molecule has 25 heavy (non-hydrogen) atoms. The predicted molar refractivity (Wildman–Crippen MR) is 135 cm³/mol. The van der Waals surface area contributed by atoms with Gasteiger partial charge in [-0.25, -0.2) is 0 Å². The standard InChI is InChI=1S/2C7H19Si2.C6H10.Sn/c2*1-8(2,3)7-9(4,5)6;1-5(2)6(3)4;/h2*7H,1-6H3;1,3H2,2,4H3;. The van der Waals surface area contributed by atoms with Gasteiger partial charge in [0.15, 0.2) is 0 Å². The Morgan fingerprint density at radius 3 is 0.880 bits per heavy atom. The van der Waals surface area contributed by atoms with Crippen LogP contribution in [0, 0.1) is 0 Å². The van der Waals surface area contributed by atoms with E-state index in [9.17, 15) is 0 Å². The second kappa shape index (κ2) is 7.34. The van der Waals surface area contributed by atoms with E-state index in [4.69, 9.17) is 0 Å². The summed E-state index contributed by atoms with van der Waals surface area (Å²) in [6, 6.07) is 0. The summed E-state index contributed by atoms with van der Waals surface area (Å²) in [7, 11) is -4.66.